The molecule has 44 heavy (non-hydrogen) atoms. The molecular formula is C34H32N10. The van der Waals surface area contributed by atoms with E-state index in [0.29, 0.717) is 11.2 Å². The van der Waals surface area contributed by atoms with Gasteiger partial charge < -0.3 is 10.6 Å². The van der Waals surface area contributed by atoms with E-state index >= 15 is 0 Å². The highest BCUT2D eigenvalue weighted by Gasteiger charge is 2.45. The number of benzene rings is 2. The van der Waals surface area contributed by atoms with Gasteiger partial charge in [-0.2, -0.15) is 0 Å². The van der Waals surface area contributed by atoms with Crippen LogP contribution < -0.4 is 10.6 Å². The first kappa shape index (κ1) is 26.4. The third-order valence-electron chi connectivity index (χ3n) is 8.99. The summed E-state index contributed by atoms with van der Waals surface area (Å²) in [4.78, 5) is 31.8. The van der Waals surface area contributed by atoms with Crippen molar-refractivity contribution in [3.05, 3.63) is 103 Å². The van der Waals surface area contributed by atoms with E-state index in [1.807, 2.05) is 42.5 Å². The SMILES string of the molecule is Nc1ncccc1-c1nc2ccc(-c3ccccc3)nc2n1-c1ccc(CN2CCC3(CC2)CN(c2ncncn2)C3)cc1. The van der Waals surface area contributed by atoms with Crippen LogP contribution in [0.5, 0.6) is 0 Å². The molecule has 218 valence electrons. The minimum Gasteiger partial charge on any atom is -0.383 e. The number of hydrogen-bond acceptors (Lipinski definition) is 9. The van der Waals surface area contributed by atoms with Crippen LogP contribution in [0.3, 0.4) is 0 Å². The molecule has 0 atom stereocenters. The van der Waals surface area contributed by atoms with E-state index in [9.17, 15) is 0 Å². The molecule has 10 nitrogen and oxygen atoms in total. The summed E-state index contributed by atoms with van der Waals surface area (Å²) in [5, 5.41) is 0. The van der Waals surface area contributed by atoms with E-state index in [1.165, 1.54) is 18.4 Å². The monoisotopic (exact) mass is 580 g/mol. The molecule has 0 bridgehead atoms. The number of piperidine rings is 1. The van der Waals surface area contributed by atoms with Crippen molar-refractivity contribution in [1.82, 2.24) is 39.4 Å². The Morgan fingerprint density at radius 1 is 0.773 bits per heavy atom. The number of hydrogen-bond donors (Lipinski definition) is 1. The van der Waals surface area contributed by atoms with E-state index in [0.717, 1.165) is 78.2 Å². The van der Waals surface area contributed by atoms with Gasteiger partial charge in [0, 0.05) is 42.5 Å². The van der Waals surface area contributed by atoms with E-state index in [1.54, 1.807) is 18.9 Å². The topological polar surface area (TPSA) is 115 Å². The minimum absolute atomic E-state index is 0.381. The Morgan fingerprint density at radius 3 is 2.30 bits per heavy atom. The molecule has 8 rings (SSSR count). The van der Waals surface area contributed by atoms with Gasteiger partial charge in [0.2, 0.25) is 5.95 Å². The van der Waals surface area contributed by atoms with Crippen LogP contribution in [-0.2, 0) is 6.54 Å². The lowest BCUT2D eigenvalue weighted by Gasteiger charge is -2.54. The van der Waals surface area contributed by atoms with Crippen LogP contribution in [0, 0.1) is 5.41 Å². The summed E-state index contributed by atoms with van der Waals surface area (Å²) < 4.78 is 2.10. The van der Waals surface area contributed by atoms with Gasteiger partial charge in [-0.3, -0.25) is 9.47 Å². The van der Waals surface area contributed by atoms with Crippen molar-refractivity contribution in [1.29, 1.82) is 0 Å². The maximum atomic E-state index is 6.34. The minimum atomic E-state index is 0.381. The third-order valence-corrected chi connectivity index (χ3v) is 8.99. The van der Waals surface area contributed by atoms with Gasteiger partial charge in [-0.25, -0.2) is 29.9 Å². The number of nitrogens with zero attached hydrogens (tertiary/aromatic N) is 9. The third kappa shape index (κ3) is 4.83. The molecule has 4 aromatic heterocycles. The zero-order valence-corrected chi connectivity index (χ0v) is 24.3. The van der Waals surface area contributed by atoms with Gasteiger partial charge in [0.05, 0.1) is 11.3 Å². The molecular weight excluding hydrogens is 548 g/mol. The molecule has 0 radical (unpaired) electrons. The van der Waals surface area contributed by atoms with Gasteiger partial charge in [0.15, 0.2) is 11.5 Å². The highest BCUT2D eigenvalue weighted by molar-refractivity contribution is 5.84. The Hall–Kier alpha value is -5.22. The van der Waals surface area contributed by atoms with Crippen molar-refractivity contribution in [2.75, 3.05) is 36.8 Å². The number of likely N-dealkylation sites (tertiary alicyclic amines) is 1. The van der Waals surface area contributed by atoms with Crippen molar-refractivity contribution in [2.24, 2.45) is 5.41 Å². The second-order valence-corrected chi connectivity index (χ2v) is 11.8. The van der Waals surface area contributed by atoms with Crippen molar-refractivity contribution >= 4 is 22.9 Å². The van der Waals surface area contributed by atoms with Gasteiger partial charge in [0.1, 0.15) is 24.0 Å². The van der Waals surface area contributed by atoms with E-state index in [2.05, 4.69) is 70.7 Å². The average molecular weight is 581 g/mol. The lowest BCUT2D eigenvalue weighted by atomic mass is 9.72. The Morgan fingerprint density at radius 2 is 1.55 bits per heavy atom. The molecule has 0 amide bonds. The lowest BCUT2D eigenvalue weighted by molar-refractivity contribution is 0.0714. The van der Waals surface area contributed by atoms with Crippen molar-refractivity contribution in [3.63, 3.8) is 0 Å². The quantitative estimate of drug-likeness (QED) is 0.290. The Kier molecular flexibility index (Phi) is 6.48. The Balaban J connectivity index is 1.04. The van der Waals surface area contributed by atoms with Gasteiger partial charge in [-0.15, -0.1) is 0 Å². The fraction of sp³-hybridized carbons (Fsp3) is 0.235. The number of nitrogens with two attached hydrogens (primary N) is 1. The summed E-state index contributed by atoms with van der Waals surface area (Å²) in [5.74, 6) is 1.96. The molecule has 2 aromatic carbocycles. The largest absolute Gasteiger partial charge is 0.383 e. The van der Waals surface area contributed by atoms with Crippen LogP contribution in [0.4, 0.5) is 11.8 Å². The second kappa shape index (κ2) is 10.8. The molecule has 2 N–H and O–H groups in total. The summed E-state index contributed by atoms with van der Waals surface area (Å²) in [7, 11) is 0. The normalized spacial score (nSPS) is 16.3. The molecule has 2 saturated heterocycles. The molecule has 2 fully saturated rings. The fourth-order valence-corrected chi connectivity index (χ4v) is 6.57. The molecule has 0 saturated carbocycles. The first-order valence-electron chi connectivity index (χ1n) is 15.0. The summed E-state index contributed by atoms with van der Waals surface area (Å²) in [6.45, 7) is 5.17. The van der Waals surface area contributed by atoms with Gasteiger partial charge in [-0.1, -0.05) is 42.5 Å². The van der Waals surface area contributed by atoms with E-state index in [-0.39, 0.29) is 0 Å². The number of nitrogen functional groups attached to an aromatic ring is 1. The summed E-state index contributed by atoms with van der Waals surface area (Å²) in [5.41, 5.74) is 13.3. The van der Waals surface area contributed by atoms with Gasteiger partial charge >= 0.3 is 0 Å². The number of aromatic nitrogens is 7. The molecule has 2 aliphatic heterocycles. The summed E-state index contributed by atoms with van der Waals surface area (Å²) in [6, 6.07) is 26.9. The zero-order valence-electron chi connectivity index (χ0n) is 24.3. The van der Waals surface area contributed by atoms with Crippen molar-refractivity contribution in [3.8, 4) is 28.3 Å². The summed E-state index contributed by atoms with van der Waals surface area (Å²) in [6.07, 6.45) is 7.23. The highest BCUT2D eigenvalue weighted by atomic mass is 15.3. The molecule has 0 aliphatic carbocycles. The van der Waals surface area contributed by atoms with E-state index in [4.69, 9.17) is 15.7 Å². The predicted molar refractivity (Wildman–Crippen MR) is 171 cm³/mol. The first-order chi connectivity index (χ1) is 21.6. The number of rotatable bonds is 6. The van der Waals surface area contributed by atoms with Crippen LogP contribution in [0.25, 0.3) is 39.5 Å². The standard InChI is InChI=1S/C34H32N10/c35-30-27(7-4-16-37-30)31-41-29-13-12-28(25-5-2-1-3-6-25)40-32(29)44(31)26-10-8-24(9-11-26)19-42-17-14-34(15-18-42)20-43(21-34)33-38-22-36-23-39-33/h1-13,16,22-23H,14-15,17-21H2,(H2,35,37). The van der Waals surface area contributed by atoms with Crippen molar-refractivity contribution in [2.45, 2.75) is 19.4 Å². The molecule has 10 heteroatoms. The van der Waals surface area contributed by atoms with E-state index < -0.39 is 0 Å². The smallest absolute Gasteiger partial charge is 0.228 e. The molecule has 1 spiro atoms. The zero-order chi connectivity index (χ0) is 29.5. The number of anilines is 2. The fourth-order valence-electron chi connectivity index (χ4n) is 6.57. The Bertz CT molecular complexity index is 1910. The number of fused-ring (bicyclic) bond motifs is 1. The number of pyridine rings is 2. The highest BCUT2D eigenvalue weighted by Crippen LogP contribution is 2.42. The van der Waals surface area contributed by atoms with Crippen LogP contribution >= 0.6 is 0 Å². The van der Waals surface area contributed by atoms with Crippen molar-refractivity contribution < 1.29 is 0 Å². The lowest BCUT2D eigenvalue weighted by Crippen LogP contribution is -2.60. The molecule has 2 aliphatic rings. The van der Waals surface area contributed by atoms with Crippen LogP contribution in [0.2, 0.25) is 0 Å². The number of imidazole rings is 1. The van der Waals surface area contributed by atoms with Crippen LogP contribution in [-0.4, -0.2) is 65.5 Å². The van der Waals surface area contributed by atoms with Gasteiger partial charge in [-0.05, 0) is 67.9 Å². The maximum absolute atomic E-state index is 6.34. The van der Waals surface area contributed by atoms with Crippen LogP contribution in [0.1, 0.15) is 18.4 Å². The second-order valence-electron chi connectivity index (χ2n) is 11.8. The maximum Gasteiger partial charge on any atom is 0.228 e. The summed E-state index contributed by atoms with van der Waals surface area (Å²) >= 11 is 0. The first-order valence-corrected chi connectivity index (χ1v) is 15.0. The van der Waals surface area contributed by atoms with Gasteiger partial charge in [0.25, 0.3) is 0 Å². The Labute approximate surface area is 255 Å². The molecule has 6 aromatic rings. The molecule has 6 heterocycles. The average Bonchev–Trinajstić information content (AvgIpc) is 3.44. The molecule has 0 unspecified atom stereocenters. The van der Waals surface area contributed by atoms with Crippen LogP contribution in [0.15, 0.2) is 97.7 Å². The predicted octanol–water partition coefficient (Wildman–Crippen LogP) is 5.02.